The van der Waals surface area contributed by atoms with Crippen LogP contribution in [0.1, 0.15) is 11.1 Å². The monoisotopic (exact) mass is 380 g/mol. The summed E-state index contributed by atoms with van der Waals surface area (Å²) in [6, 6.07) is 29.6. The van der Waals surface area contributed by atoms with Crippen molar-refractivity contribution in [3.8, 4) is 11.1 Å². The number of rotatable bonds is 7. The van der Waals surface area contributed by atoms with E-state index in [1.165, 1.54) is 11.1 Å². The van der Waals surface area contributed by atoms with E-state index in [0.29, 0.717) is 6.54 Å². The Labute approximate surface area is 171 Å². The number of aldehydes is 1. The molecule has 29 heavy (non-hydrogen) atoms. The summed E-state index contributed by atoms with van der Waals surface area (Å²) in [5, 5.41) is 1.14. The van der Waals surface area contributed by atoms with Gasteiger partial charge in [0.1, 0.15) is 12.1 Å². The van der Waals surface area contributed by atoms with Gasteiger partial charge in [0.05, 0.1) is 12.1 Å². The van der Waals surface area contributed by atoms with Gasteiger partial charge in [-0.3, -0.25) is 0 Å². The molecule has 0 aliphatic heterocycles. The number of anilines is 1. The molecule has 0 amide bonds. The second-order valence-electron chi connectivity index (χ2n) is 7.28. The maximum atomic E-state index is 11.0. The molecule has 0 spiro atoms. The summed E-state index contributed by atoms with van der Waals surface area (Å²) in [6.45, 7) is 0.321. The number of carbonyl (C=O) groups is 1. The Bertz CT molecular complexity index is 1110. The van der Waals surface area contributed by atoms with E-state index >= 15 is 0 Å². The summed E-state index contributed by atoms with van der Waals surface area (Å²) in [7, 11) is 1.89. The van der Waals surface area contributed by atoms with Gasteiger partial charge < -0.3 is 9.69 Å². The second kappa shape index (κ2) is 8.70. The summed E-state index contributed by atoms with van der Waals surface area (Å²) in [5.74, 6) is 0.806. The van der Waals surface area contributed by atoms with Gasteiger partial charge >= 0.3 is 0 Å². The highest BCUT2D eigenvalue weighted by Crippen LogP contribution is 2.32. The summed E-state index contributed by atoms with van der Waals surface area (Å²) in [5.41, 5.74) is 5.89. The van der Waals surface area contributed by atoms with Crippen molar-refractivity contribution in [3.05, 3.63) is 96.1 Å². The van der Waals surface area contributed by atoms with Gasteiger partial charge in [0.2, 0.25) is 0 Å². The van der Waals surface area contributed by atoms with Crippen molar-refractivity contribution in [2.75, 3.05) is 18.5 Å². The van der Waals surface area contributed by atoms with Gasteiger partial charge in [-0.05, 0) is 53.3 Å². The average Bonchev–Trinajstić information content (AvgIpc) is 2.78. The van der Waals surface area contributed by atoms with Crippen LogP contribution >= 0.6 is 0 Å². The first-order chi connectivity index (χ1) is 14.2. The van der Waals surface area contributed by atoms with Crippen LogP contribution in [0.25, 0.3) is 22.0 Å². The van der Waals surface area contributed by atoms with Gasteiger partial charge in [0, 0.05) is 12.4 Å². The van der Waals surface area contributed by atoms with Crippen molar-refractivity contribution >= 4 is 23.0 Å². The fourth-order valence-corrected chi connectivity index (χ4v) is 3.61. The molecule has 3 aromatic carbocycles. The molecular weight excluding hydrogens is 356 g/mol. The van der Waals surface area contributed by atoms with Gasteiger partial charge in [-0.25, -0.2) is 4.98 Å². The second-order valence-corrected chi connectivity index (χ2v) is 7.28. The molecular formula is C26H24N2O. The number of hydrogen-bond acceptors (Lipinski definition) is 3. The maximum absolute atomic E-state index is 11.0. The fourth-order valence-electron chi connectivity index (χ4n) is 3.61. The number of nitrogens with zero attached hydrogens (tertiary/aromatic N) is 2. The number of pyridine rings is 1. The Morgan fingerprint density at radius 3 is 2.24 bits per heavy atom. The van der Waals surface area contributed by atoms with Crippen molar-refractivity contribution in [2.45, 2.75) is 12.8 Å². The SMILES string of the molecule is CN(CC=O)c1cc(-c2ccccc2)c2cc(CCc3ccccc3)ccc2n1. The highest BCUT2D eigenvalue weighted by Gasteiger charge is 2.11. The van der Waals surface area contributed by atoms with E-state index in [4.69, 9.17) is 4.98 Å². The van der Waals surface area contributed by atoms with Gasteiger partial charge in [0.25, 0.3) is 0 Å². The largest absolute Gasteiger partial charge is 0.353 e. The van der Waals surface area contributed by atoms with E-state index in [2.05, 4.69) is 78.9 Å². The molecule has 0 bridgehead atoms. The topological polar surface area (TPSA) is 33.2 Å². The van der Waals surface area contributed by atoms with Crippen molar-refractivity contribution in [1.29, 1.82) is 0 Å². The summed E-state index contributed by atoms with van der Waals surface area (Å²) >= 11 is 0. The van der Waals surface area contributed by atoms with E-state index < -0.39 is 0 Å². The molecule has 4 rings (SSSR count). The molecule has 0 aliphatic carbocycles. The molecule has 0 radical (unpaired) electrons. The smallest absolute Gasteiger partial charge is 0.139 e. The maximum Gasteiger partial charge on any atom is 0.139 e. The third kappa shape index (κ3) is 4.35. The fraction of sp³-hybridized carbons (Fsp3) is 0.154. The number of likely N-dealkylation sites (N-methyl/N-ethyl adjacent to an activating group) is 1. The van der Waals surface area contributed by atoms with Crippen LogP contribution in [-0.2, 0) is 17.6 Å². The Balaban J connectivity index is 1.75. The molecule has 1 heterocycles. The number of benzene rings is 3. The Morgan fingerprint density at radius 2 is 1.52 bits per heavy atom. The normalized spacial score (nSPS) is 10.8. The van der Waals surface area contributed by atoms with Crippen LogP contribution in [0.2, 0.25) is 0 Å². The molecule has 0 fully saturated rings. The van der Waals surface area contributed by atoms with Gasteiger partial charge in [-0.1, -0.05) is 66.7 Å². The van der Waals surface area contributed by atoms with E-state index in [-0.39, 0.29) is 0 Å². The van der Waals surface area contributed by atoms with Gasteiger partial charge in [-0.2, -0.15) is 0 Å². The van der Waals surface area contributed by atoms with Crippen LogP contribution < -0.4 is 4.90 Å². The van der Waals surface area contributed by atoms with Crippen LogP contribution in [0.3, 0.4) is 0 Å². The zero-order valence-corrected chi connectivity index (χ0v) is 16.6. The number of fused-ring (bicyclic) bond motifs is 1. The third-order valence-corrected chi connectivity index (χ3v) is 5.23. The highest BCUT2D eigenvalue weighted by molar-refractivity contribution is 5.96. The third-order valence-electron chi connectivity index (χ3n) is 5.23. The van der Waals surface area contributed by atoms with Crippen molar-refractivity contribution in [2.24, 2.45) is 0 Å². The van der Waals surface area contributed by atoms with Crippen molar-refractivity contribution in [3.63, 3.8) is 0 Å². The molecule has 0 aliphatic rings. The van der Waals surface area contributed by atoms with Crippen LogP contribution in [0.4, 0.5) is 5.82 Å². The number of carbonyl (C=O) groups excluding carboxylic acids is 1. The minimum atomic E-state index is 0.321. The molecule has 4 aromatic rings. The standard InChI is InChI=1S/C26H24N2O/c1-28(16-17-29)26-19-23(22-10-6-3-7-11-22)24-18-21(14-15-25(24)27-26)13-12-20-8-4-2-5-9-20/h2-11,14-15,17-19H,12-13,16H2,1H3. The zero-order valence-electron chi connectivity index (χ0n) is 16.6. The van der Waals surface area contributed by atoms with Gasteiger partial charge in [-0.15, -0.1) is 0 Å². The quantitative estimate of drug-likeness (QED) is 0.407. The lowest BCUT2D eigenvalue weighted by Gasteiger charge is -2.18. The van der Waals surface area contributed by atoms with E-state index in [9.17, 15) is 4.79 Å². The Morgan fingerprint density at radius 1 is 0.828 bits per heavy atom. The van der Waals surface area contributed by atoms with Crippen LogP contribution in [0, 0.1) is 0 Å². The predicted octanol–water partition coefficient (Wildman–Crippen LogP) is 5.32. The molecule has 0 saturated carbocycles. The van der Waals surface area contributed by atoms with E-state index in [0.717, 1.165) is 47.0 Å². The first-order valence-electron chi connectivity index (χ1n) is 9.92. The first kappa shape index (κ1) is 18.9. The van der Waals surface area contributed by atoms with E-state index in [1.54, 1.807) is 0 Å². The van der Waals surface area contributed by atoms with Crippen LogP contribution in [0.5, 0.6) is 0 Å². The molecule has 0 atom stereocenters. The molecule has 3 nitrogen and oxygen atoms in total. The molecule has 144 valence electrons. The Hall–Kier alpha value is -3.46. The Kier molecular flexibility index (Phi) is 5.66. The highest BCUT2D eigenvalue weighted by atomic mass is 16.1. The molecule has 3 heteroatoms. The summed E-state index contributed by atoms with van der Waals surface area (Å²) in [4.78, 5) is 17.7. The number of aromatic nitrogens is 1. The lowest BCUT2D eigenvalue weighted by atomic mass is 9.97. The number of hydrogen-bond donors (Lipinski definition) is 0. The molecule has 0 saturated heterocycles. The molecule has 0 N–H and O–H groups in total. The van der Waals surface area contributed by atoms with Crippen molar-refractivity contribution in [1.82, 2.24) is 4.98 Å². The lowest BCUT2D eigenvalue weighted by molar-refractivity contribution is -0.106. The summed E-state index contributed by atoms with van der Waals surface area (Å²) < 4.78 is 0. The molecule has 1 aromatic heterocycles. The van der Waals surface area contributed by atoms with Crippen molar-refractivity contribution < 1.29 is 4.79 Å². The average molecular weight is 380 g/mol. The van der Waals surface area contributed by atoms with Crippen LogP contribution in [0.15, 0.2) is 84.9 Å². The lowest BCUT2D eigenvalue weighted by Crippen LogP contribution is -2.20. The molecule has 0 unspecified atom stereocenters. The zero-order chi connectivity index (χ0) is 20.1. The first-order valence-corrected chi connectivity index (χ1v) is 9.92. The summed E-state index contributed by atoms with van der Waals surface area (Å²) in [6.07, 6.45) is 2.91. The van der Waals surface area contributed by atoms with E-state index in [1.807, 2.05) is 18.0 Å². The minimum absolute atomic E-state index is 0.321. The minimum Gasteiger partial charge on any atom is -0.353 e. The predicted molar refractivity (Wildman–Crippen MR) is 120 cm³/mol. The van der Waals surface area contributed by atoms with Gasteiger partial charge in [0.15, 0.2) is 0 Å². The number of aryl methyl sites for hydroxylation is 2. The van der Waals surface area contributed by atoms with Crippen LogP contribution in [-0.4, -0.2) is 24.9 Å².